The largest absolute Gasteiger partial charge is 0.462 e. The molecular weight excluding hydrogens is 713 g/mol. The van der Waals surface area contributed by atoms with Crippen molar-refractivity contribution < 1.29 is 19.7 Å². The highest BCUT2D eigenvalue weighted by atomic mass is 131. The molecule has 3 aromatic rings. The van der Waals surface area contributed by atoms with Crippen molar-refractivity contribution in [2.75, 3.05) is 75.4 Å². The number of carbonyl (C=O) groups excluding carboxylic acids is 1. The molecule has 2 atom stereocenters. The van der Waals surface area contributed by atoms with Gasteiger partial charge in [0, 0.05) is 78.1 Å². The summed E-state index contributed by atoms with van der Waals surface area (Å²) in [6.07, 6.45) is 4.07. The molecule has 47 heavy (non-hydrogen) atoms. The van der Waals surface area contributed by atoms with Gasteiger partial charge in [0.15, 0.2) is 0 Å². The first-order valence-corrected chi connectivity index (χ1v) is 17.4. The number of hydrogen-bond donors (Lipinski definition) is 2. The summed E-state index contributed by atoms with van der Waals surface area (Å²) in [5, 5.41) is 21.7. The number of aliphatic hydroxyl groups excluding tert-OH is 2. The van der Waals surface area contributed by atoms with E-state index in [4.69, 9.17) is 21.3 Å². The van der Waals surface area contributed by atoms with Gasteiger partial charge in [0.25, 0.3) is 0 Å². The van der Waals surface area contributed by atoms with Gasteiger partial charge >= 0.3 is 6.01 Å². The van der Waals surface area contributed by atoms with Gasteiger partial charge in [0.05, 0.1) is 12.2 Å². The first-order valence-electron chi connectivity index (χ1n) is 16.4. The fourth-order valence-electron chi connectivity index (χ4n) is 7.18. The van der Waals surface area contributed by atoms with Crippen molar-refractivity contribution >= 4 is 50.8 Å². The second-order valence-corrected chi connectivity index (χ2v) is 13.7. The Morgan fingerprint density at radius 2 is 1.91 bits per heavy atom. The van der Waals surface area contributed by atoms with E-state index in [1.165, 1.54) is 26.1 Å². The zero-order valence-corrected chi connectivity index (χ0v) is 28.8. The van der Waals surface area contributed by atoms with Gasteiger partial charge in [-0.2, -0.15) is 9.97 Å². The van der Waals surface area contributed by atoms with Crippen LogP contribution in [0.4, 0.5) is 11.5 Å². The van der Waals surface area contributed by atoms with E-state index in [2.05, 4.69) is 85.1 Å². The highest BCUT2D eigenvalue weighted by molar-refractivity contribution is 14.1. The van der Waals surface area contributed by atoms with Crippen molar-refractivity contribution in [1.29, 1.82) is 0 Å². The van der Waals surface area contributed by atoms with Crippen LogP contribution in [0, 0.1) is 16.1 Å². The predicted octanol–water partition coefficient (Wildman–Crippen LogP) is 3.36. The van der Waals surface area contributed by atoms with E-state index < -0.39 is 0 Å². The third kappa shape index (κ3) is 7.18. The van der Waals surface area contributed by atoms with E-state index >= 15 is 0 Å². The zero-order chi connectivity index (χ0) is 32.9. The lowest BCUT2D eigenvalue weighted by molar-refractivity contribution is -0.128. The molecule has 0 aliphatic carbocycles. The highest BCUT2D eigenvalue weighted by Crippen LogP contribution is 2.36. The number of amides is 1. The van der Waals surface area contributed by atoms with Gasteiger partial charge in [-0.15, -0.1) is 0 Å². The van der Waals surface area contributed by atoms with Crippen LogP contribution in [0.15, 0.2) is 49.1 Å². The molecule has 11 nitrogen and oxygen atoms in total. The minimum Gasteiger partial charge on any atom is -0.462 e. The molecule has 1 amide bonds. The summed E-state index contributed by atoms with van der Waals surface area (Å²) in [6.45, 7) is 16.2. The number of benzene rings is 2. The number of aromatic nitrogens is 2. The van der Waals surface area contributed by atoms with Gasteiger partial charge in [-0.1, -0.05) is 30.8 Å². The maximum atomic E-state index is 12.6. The molecule has 3 aliphatic rings. The Balaban J connectivity index is 1.31. The number of carbonyl (C=O) groups is 1. The molecule has 6 rings (SSSR count). The zero-order valence-electron chi connectivity index (χ0n) is 26.6. The number of halogens is 1. The molecule has 0 spiro atoms. The third-order valence-corrected chi connectivity index (χ3v) is 10.5. The lowest BCUT2D eigenvalue weighted by atomic mass is 10.0. The van der Waals surface area contributed by atoms with Crippen LogP contribution in [-0.2, 0) is 17.8 Å². The number of nitrogens with zero attached hydrogens (tertiary/aromatic N) is 7. The van der Waals surface area contributed by atoms with Gasteiger partial charge in [0.1, 0.15) is 18.5 Å². The molecule has 0 bridgehead atoms. The molecule has 4 heterocycles. The number of anilines is 2. The molecule has 0 unspecified atom stereocenters. The second-order valence-electron chi connectivity index (χ2n) is 12.6. The molecule has 0 saturated carbocycles. The second kappa shape index (κ2) is 15.1. The summed E-state index contributed by atoms with van der Waals surface area (Å²) in [7, 11) is 0. The molecule has 2 aromatic carbocycles. The molecule has 248 valence electrons. The average molecular weight is 756 g/mol. The van der Waals surface area contributed by atoms with E-state index in [0.29, 0.717) is 45.3 Å². The maximum absolute atomic E-state index is 12.6. The van der Waals surface area contributed by atoms with Crippen LogP contribution in [0.25, 0.3) is 15.6 Å². The normalized spacial score (nSPS) is 20.0. The molecule has 1 aromatic heterocycles. The SMILES string of the molecule is [C-]#[N+]C[C@H]1CN(c2nc(OC[C@@H]3CCCN3CC(CO)CO)nc3c2CCN(c2cccc4cccc([131I])c24)C3)CCN1C(=O)C=C. The van der Waals surface area contributed by atoms with Crippen molar-refractivity contribution in [1.82, 2.24) is 19.8 Å². The van der Waals surface area contributed by atoms with Crippen LogP contribution in [0.2, 0.25) is 0 Å². The summed E-state index contributed by atoms with van der Waals surface area (Å²) in [4.78, 5) is 34.9. The van der Waals surface area contributed by atoms with Crippen molar-refractivity contribution in [3.8, 4) is 6.01 Å². The Morgan fingerprint density at radius 3 is 2.68 bits per heavy atom. The van der Waals surface area contributed by atoms with Gasteiger partial charge in [-0.3, -0.25) is 9.69 Å². The summed E-state index contributed by atoms with van der Waals surface area (Å²) >= 11 is 2.41. The smallest absolute Gasteiger partial charge is 0.318 e. The molecule has 2 saturated heterocycles. The average Bonchev–Trinajstić information content (AvgIpc) is 3.55. The number of hydrogen-bond acceptors (Lipinski definition) is 9. The summed E-state index contributed by atoms with van der Waals surface area (Å²) in [5.74, 6) is 0.486. The van der Waals surface area contributed by atoms with E-state index in [1.807, 2.05) is 0 Å². The van der Waals surface area contributed by atoms with E-state index in [-0.39, 0.29) is 43.7 Å². The topological polar surface area (TPSA) is 110 Å². The fourth-order valence-corrected chi connectivity index (χ4v) is 7.97. The van der Waals surface area contributed by atoms with Gasteiger partial charge in [-0.05, 0) is 72.0 Å². The first-order chi connectivity index (χ1) is 22.9. The van der Waals surface area contributed by atoms with E-state index in [1.54, 1.807) is 4.90 Å². The molecule has 2 N–H and O–H groups in total. The Kier molecular flexibility index (Phi) is 10.8. The molecular formula is C35H42IN7O4. The number of fused-ring (bicyclic) bond motifs is 2. The van der Waals surface area contributed by atoms with Crippen molar-refractivity contribution in [3.63, 3.8) is 0 Å². The molecule has 0 radical (unpaired) electrons. The minimum atomic E-state index is -0.266. The van der Waals surface area contributed by atoms with Gasteiger partial charge in [0.2, 0.25) is 12.5 Å². The Morgan fingerprint density at radius 1 is 1.11 bits per heavy atom. The number of aliphatic hydroxyl groups is 2. The summed E-state index contributed by atoms with van der Waals surface area (Å²) < 4.78 is 7.59. The maximum Gasteiger partial charge on any atom is 0.318 e. The summed E-state index contributed by atoms with van der Waals surface area (Å²) in [6, 6.07) is 13.0. The van der Waals surface area contributed by atoms with Crippen molar-refractivity contribution in [2.24, 2.45) is 5.92 Å². The fraction of sp³-hybridized carbons (Fsp3) is 0.486. The van der Waals surface area contributed by atoms with Crippen molar-refractivity contribution in [3.05, 3.63) is 75.3 Å². The van der Waals surface area contributed by atoms with Crippen molar-refractivity contribution in [2.45, 2.75) is 37.9 Å². The Bertz CT molecular complexity index is 1640. The van der Waals surface area contributed by atoms with Crippen LogP contribution in [0.5, 0.6) is 6.01 Å². The quantitative estimate of drug-likeness (QED) is 0.173. The monoisotopic (exact) mass is 755 g/mol. The number of ether oxygens (including phenoxy) is 1. The van der Waals surface area contributed by atoms with Crippen LogP contribution in [0.3, 0.4) is 0 Å². The highest BCUT2D eigenvalue weighted by Gasteiger charge is 2.35. The van der Waals surface area contributed by atoms with Crippen LogP contribution in [-0.4, -0.2) is 114 Å². The molecule has 12 heteroatoms. The number of likely N-dealkylation sites (tertiary alicyclic amines) is 1. The van der Waals surface area contributed by atoms with Crippen LogP contribution in [0.1, 0.15) is 24.1 Å². The van der Waals surface area contributed by atoms with E-state index in [9.17, 15) is 15.0 Å². The molecule has 3 aliphatic heterocycles. The lowest BCUT2D eigenvalue weighted by Gasteiger charge is -2.41. The van der Waals surface area contributed by atoms with E-state index in [0.717, 1.165) is 49.4 Å². The lowest BCUT2D eigenvalue weighted by Crippen LogP contribution is -2.56. The third-order valence-electron chi connectivity index (χ3n) is 9.65. The number of rotatable bonds is 11. The Labute approximate surface area is 289 Å². The summed E-state index contributed by atoms with van der Waals surface area (Å²) in [5.41, 5.74) is 3.19. The first kappa shape index (κ1) is 33.4. The predicted molar refractivity (Wildman–Crippen MR) is 191 cm³/mol. The van der Waals surface area contributed by atoms with Gasteiger partial charge in [-0.25, -0.2) is 6.57 Å². The van der Waals surface area contributed by atoms with Gasteiger partial charge < -0.3 is 34.5 Å². The molecule has 2 fully saturated rings. The Hall–Kier alpha value is -3.51. The minimum absolute atomic E-state index is 0.0513. The number of piperazine rings is 1. The van der Waals surface area contributed by atoms with Crippen LogP contribution < -0.4 is 14.5 Å². The van der Waals surface area contributed by atoms with Crippen LogP contribution >= 0.6 is 22.6 Å². The standard InChI is InChI=1S/C35H42IN7O4/c1-3-32(46)43-16-15-42(19-27(43)17-37-2)34-28-12-14-41(31-11-5-8-25-7-4-10-29(36)33(25)31)20-30(28)38-35(39-34)47-23-26-9-6-13-40(26)18-24(21-44)22-45/h3-5,7-8,10-11,24,26-27,44-45H,1,6,9,12-23H2/t26-,27-/m0/s1/i36+4.